The summed E-state index contributed by atoms with van der Waals surface area (Å²) in [6.07, 6.45) is 9.19. The molecule has 2 aromatic carbocycles. The largest absolute Gasteiger partial charge is 0.353 e. The molecule has 204 valence electrons. The Morgan fingerprint density at radius 1 is 0.821 bits per heavy atom. The van der Waals surface area contributed by atoms with Crippen LogP contribution in [0.3, 0.4) is 0 Å². The molecule has 0 spiro atoms. The summed E-state index contributed by atoms with van der Waals surface area (Å²) in [6.45, 7) is 3.99. The molecule has 0 atom stereocenters. The molecule has 0 saturated heterocycles. The minimum atomic E-state index is -0.406. The standard InChI is InChI=1S/C33H40N4O2/c1-33(2,34)26-14-12-25(13-15-26)29-21-35-30(20-28(29)24-6-4-3-5-7-24)37-32(39)19-23-10-16-27(17-11-23)36-31(38)18-22-8-9-22/h3-7,12-15,20-23,27H,8-11,16-19,34H2,1-2H3,(H,36,38)(H,35,37,39). The number of carbonyl (C=O) groups excluding carboxylic acids is 2. The maximum atomic E-state index is 13.0. The third kappa shape index (κ3) is 7.33. The smallest absolute Gasteiger partial charge is 0.225 e. The van der Waals surface area contributed by atoms with Gasteiger partial charge >= 0.3 is 0 Å². The van der Waals surface area contributed by atoms with Crippen LogP contribution < -0.4 is 16.4 Å². The maximum Gasteiger partial charge on any atom is 0.225 e. The third-order valence-electron chi connectivity index (χ3n) is 8.05. The monoisotopic (exact) mass is 524 g/mol. The molecule has 2 aliphatic carbocycles. The lowest BCUT2D eigenvalue weighted by molar-refractivity contribution is -0.122. The van der Waals surface area contributed by atoms with E-state index in [-0.39, 0.29) is 17.9 Å². The second-order valence-electron chi connectivity index (χ2n) is 12.0. The topological polar surface area (TPSA) is 97.1 Å². The molecule has 2 amide bonds. The second kappa shape index (κ2) is 11.7. The number of hydrogen-bond acceptors (Lipinski definition) is 4. The molecule has 2 aliphatic rings. The van der Waals surface area contributed by atoms with Crippen LogP contribution in [0.5, 0.6) is 0 Å². The zero-order valence-electron chi connectivity index (χ0n) is 23.1. The lowest BCUT2D eigenvalue weighted by Gasteiger charge is -2.28. The normalized spacial score (nSPS) is 19.4. The van der Waals surface area contributed by atoms with Gasteiger partial charge in [-0.1, -0.05) is 54.6 Å². The molecule has 39 heavy (non-hydrogen) atoms. The van der Waals surface area contributed by atoms with Crippen LogP contribution in [0.4, 0.5) is 5.82 Å². The number of hydrogen-bond donors (Lipinski definition) is 3. The first-order chi connectivity index (χ1) is 18.7. The fourth-order valence-electron chi connectivity index (χ4n) is 5.53. The second-order valence-corrected chi connectivity index (χ2v) is 12.0. The van der Waals surface area contributed by atoms with E-state index >= 15 is 0 Å². The lowest BCUT2D eigenvalue weighted by Crippen LogP contribution is -2.38. The van der Waals surface area contributed by atoms with Crippen LogP contribution in [0.2, 0.25) is 0 Å². The number of rotatable bonds is 9. The molecule has 1 aromatic heterocycles. The summed E-state index contributed by atoms with van der Waals surface area (Å²) in [5.41, 5.74) is 11.1. The van der Waals surface area contributed by atoms with Crippen molar-refractivity contribution >= 4 is 17.6 Å². The van der Waals surface area contributed by atoms with Crippen LogP contribution in [-0.4, -0.2) is 22.8 Å². The number of nitrogens with one attached hydrogen (secondary N) is 2. The summed E-state index contributed by atoms with van der Waals surface area (Å²) in [4.78, 5) is 29.7. The van der Waals surface area contributed by atoms with Gasteiger partial charge in [-0.2, -0.15) is 0 Å². The van der Waals surface area contributed by atoms with Crippen molar-refractivity contribution in [2.75, 3.05) is 5.32 Å². The number of amides is 2. The van der Waals surface area contributed by atoms with E-state index in [1.165, 1.54) is 12.8 Å². The molecule has 0 bridgehead atoms. The Hall–Kier alpha value is -3.51. The fourth-order valence-corrected chi connectivity index (χ4v) is 5.53. The van der Waals surface area contributed by atoms with Crippen molar-refractivity contribution in [3.05, 3.63) is 72.4 Å². The van der Waals surface area contributed by atoms with Crippen LogP contribution >= 0.6 is 0 Å². The molecule has 2 fully saturated rings. The zero-order chi connectivity index (χ0) is 27.4. The van der Waals surface area contributed by atoms with Gasteiger partial charge in [0.2, 0.25) is 11.8 Å². The molecule has 2 saturated carbocycles. The maximum absolute atomic E-state index is 13.0. The zero-order valence-corrected chi connectivity index (χ0v) is 23.1. The Bertz CT molecular complexity index is 1290. The number of nitrogens with zero attached hydrogens (tertiary/aromatic N) is 1. The van der Waals surface area contributed by atoms with Crippen LogP contribution in [0, 0.1) is 11.8 Å². The number of carbonyl (C=O) groups is 2. The van der Waals surface area contributed by atoms with Crippen LogP contribution in [0.15, 0.2) is 66.9 Å². The predicted octanol–water partition coefficient (Wildman–Crippen LogP) is 6.41. The van der Waals surface area contributed by atoms with Crippen molar-refractivity contribution in [3.8, 4) is 22.3 Å². The molecular formula is C33H40N4O2. The highest BCUT2D eigenvalue weighted by Crippen LogP contribution is 2.35. The van der Waals surface area contributed by atoms with E-state index in [1.54, 1.807) is 0 Å². The first-order valence-corrected chi connectivity index (χ1v) is 14.3. The molecule has 5 rings (SSSR count). The van der Waals surface area contributed by atoms with Crippen LogP contribution in [0.1, 0.15) is 70.8 Å². The van der Waals surface area contributed by atoms with Gasteiger partial charge in [0, 0.05) is 36.2 Å². The van der Waals surface area contributed by atoms with E-state index < -0.39 is 5.54 Å². The lowest BCUT2D eigenvalue weighted by atomic mass is 9.84. The third-order valence-corrected chi connectivity index (χ3v) is 8.05. The molecular weight excluding hydrogens is 484 g/mol. The Balaban J connectivity index is 1.23. The molecule has 4 N–H and O–H groups in total. The molecule has 6 nitrogen and oxygen atoms in total. The number of pyridine rings is 1. The summed E-state index contributed by atoms with van der Waals surface area (Å²) in [7, 11) is 0. The van der Waals surface area contributed by atoms with E-state index in [1.807, 2.05) is 44.3 Å². The van der Waals surface area contributed by atoms with Crippen molar-refractivity contribution in [2.24, 2.45) is 17.6 Å². The van der Waals surface area contributed by atoms with Gasteiger partial charge in [-0.15, -0.1) is 0 Å². The number of aromatic nitrogens is 1. The van der Waals surface area contributed by atoms with Crippen molar-refractivity contribution in [2.45, 2.75) is 76.8 Å². The quantitative estimate of drug-likeness (QED) is 0.301. The van der Waals surface area contributed by atoms with Crippen LogP contribution in [-0.2, 0) is 15.1 Å². The average molecular weight is 525 g/mol. The Labute approximate surface area is 231 Å². The van der Waals surface area contributed by atoms with Gasteiger partial charge in [0.05, 0.1) is 0 Å². The summed E-state index contributed by atoms with van der Waals surface area (Å²) in [6, 6.07) is 20.7. The van der Waals surface area contributed by atoms with Gasteiger partial charge in [-0.05, 0) is 92.5 Å². The van der Waals surface area contributed by atoms with Crippen molar-refractivity contribution in [3.63, 3.8) is 0 Å². The average Bonchev–Trinajstić information content (AvgIpc) is 3.74. The van der Waals surface area contributed by atoms with E-state index in [9.17, 15) is 9.59 Å². The highest BCUT2D eigenvalue weighted by molar-refractivity contribution is 5.92. The van der Waals surface area contributed by atoms with Gasteiger partial charge in [0.1, 0.15) is 5.82 Å². The van der Waals surface area contributed by atoms with E-state index in [2.05, 4.69) is 52.0 Å². The molecule has 0 aliphatic heterocycles. The Morgan fingerprint density at radius 2 is 1.41 bits per heavy atom. The van der Waals surface area contributed by atoms with E-state index in [0.29, 0.717) is 30.5 Å². The van der Waals surface area contributed by atoms with Gasteiger partial charge < -0.3 is 16.4 Å². The fraction of sp³-hybridized carbons (Fsp3) is 0.424. The first kappa shape index (κ1) is 27.1. The minimum absolute atomic E-state index is 0.00925. The number of benzene rings is 2. The predicted molar refractivity (Wildman–Crippen MR) is 157 cm³/mol. The van der Waals surface area contributed by atoms with Gasteiger partial charge in [0.25, 0.3) is 0 Å². The van der Waals surface area contributed by atoms with Crippen LogP contribution in [0.25, 0.3) is 22.3 Å². The molecule has 1 heterocycles. The number of nitrogens with two attached hydrogens (primary N) is 1. The van der Waals surface area contributed by atoms with Crippen molar-refractivity contribution in [1.82, 2.24) is 10.3 Å². The van der Waals surface area contributed by atoms with E-state index in [0.717, 1.165) is 53.5 Å². The first-order valence-electron chi connectivity index (χ1n) is 14.3. The Kier molecular flexibility index (Phi) is 8.12. The van der Waals surface area contributed by atoms with Gasteiger partial charge in [-0.3, -0.25) is 9.59 Å². The number of anilines is 1. The Morgan fingerprint density at radius 3 is 2.03 bits per heavy atom. The summed E-state index contributed by atoms with van der Waals surface area (Å²) in [5, 5.41) is 6.24. The van der Waals surface area contributed by atoms with E-state index in [4.69, 9.17) is 5.73 Å². The summed E-state index contributed by atoms with van der Waals surface area (Å²) < 4.78 is 0. The molecule has 0 unspecified atom stereocenters. The molecule has 0 radical (unpaired) electrons. The molecule has 3 aromatic rings. The highest BCUT2D eigenvalue weighted by atomic mass is 16.2. The highest BCUT2D eigenvalue weighted by Gasteiger charge is 2.28. The summed E-state index contributed by atoms with van der Waals surface area (Å²) in [5.74, 6) is 1.69. The van der Waals surface area contributed by atoms with Gasteiger partial charge in [-0.25, -0.2) is 4.98 Å². The van der Waals surface area contributed by atoms with Crippen molar-refractivity contribution in [1.29, 1.82) is 0 Å². The SMILES string of the molecule is CC(C)(N)c1ccc(-c2cnc(NC(=O)CC3CCC(NC(=O)CC4CC4)CC3)cc2-c2ccccc2)cc1. The minimum Gasteiger partial charge on any atom is -0.353 e. The summed E-state index contributed by atoms with van der Waals surface area (Å²) >= 11 is 0. The van der Waals surface area contributed by atoms with Crippen molar-refractivity contribution < 1.29 is 9.59 Å². The molecule has 6 heteroatoms. The van der Waals surface area contributed by atoms with Gasteiger partial charge in [0.15, 0.2) is 0 Å².